The van der Waals surface area contributed by atoms with Gasteiger partial charge in [0.1, 0.15) is 6.54 Å². The highest BCUT2D eigenvalue weighted by molar-refractivity contribution is 5.82. The summed E-state index contributed by atoms with van der Waals surface area (Å²) in [6, 6.07) is 21.8. The van der Waals surface area contributed by atoms with Crippen LogP contribution in [-0.2, 0) is 27.3 Å². The van der Waals surface area contributed by atoms with Gasteiger partial charge in [0.25, 0.3) is 5.91 Å². The Kier molecular flexibility index (Phi) is 8.32. The summed E-state index contributed by atoms with van der Waals surface area (Å²) in [6.07, 6.45) is 5.37. The van der Waals surface area contributed by atoms with Gasteiger partial charge in [0.15, 0.2) is 6.10 Å². The predicted octanol–water partition coefficient (Wildman–Crippen LogP) is 3.58. The van der Waals surface area contributed by atoms with Gasteiger partial charge >= 0.3 is 0 Å². The number of carbonyl (C=O) groups is 2. The molecule has 4 rings (SSSR count). The molecule has 0 aliphatic carbocycles. The second kappa shape index (κ2) is 11.8. The molecule has 2 amide bonds. The molecule has 0 bridgehead atoms. The number of amides is 2. The molecule has 3 aromatic rings. The van der Waals surface area contributed by atoms with Crippen molar-refractivity contribution >= 4 is 11.8 Å². The first-order chi connectivity index (χ1) is 17.1. The van der Waals surface area contributed by atoms with E-state index in [2.05, 4.69) is 17.2 Å². The number of methoxy groups -OCH3 is 1. The van der Waals surface area contributed by atoms with Crippen LogP contribution in [-0.4, -0.2) is 64.7 Å². The van der Waals surface area contributed by atoms with E-state index in [9.17, 15) is 9.59 Å². The Morgan fingerprint density at radius 1 is 1.03 bits per heavy atom. The van der Waals surface area contributed by atoms with Gasteiger partial charge in [-0.25, -0.2) is 0 Å². The van der Waals surface area contributed by atoms with Gasteiger partial charge in [-0.3, -0.25) is 14.3 Å². The maximum atomic E-state index is 13.2. The summed E-state index contributed by atoms with van der Waals surface area (Å²) < 4.78 is 7.23. The second-order valence-corrected chi connectivity index (χ2v) is 9.15. The van der Waals surface area contributed by atoms with E-state index >= 15 is 0 Å². The van der Waals surface area contributed by atoms with E-state index in [1.807, 2.05) is 71.4 Å². The molecular formula is C28H34N4O3. The first-order valence-electron chi connectivity index (χ1n) is 12.2. The van der Waals surface area contributed by atoms with Crippen LogP contribution in [0.2, 0.25) is 0 Å². The quantitative estimate of drug-likeness (QED) is 0.476. The molecule has 0 radical (unpaired) electrons. The number of hydrogen-bond donors (Lipinski definition) is 0. The number of carbonyl (C=O) groups excluding carboxylic acids is 2. The zero-order valence-electron chi connectivity index (χ0n) is 20.5. The summed E-state index contributed by atoms with van der Waals surface area (Å²) in [6.45, 7) is 1.53. The van der Waals surface area contributed by atoms with E-state index in [0.717, 1.165) is 24.8 Å². The topological polar surface area (TPSA) is 67.7 Å². The summed E-state index contributed by atoms with van der Waals surface area (Å²) in [5.41, 5.74) is 2.08. The Bertz CT molecular complexity index is 1060. The molecule has 35 heavy (non-hydrogen) atoms. The average Bonchev–Trinajstić information content (AvgIpc) is 3.42. The van der Waals surface area contributed by atoms with Crippen LogP contribution in [0.3, 0.4) is 0 Å². The summed E-state index contributed by atoms with van der Waals surface area (Å²) in [4.78, 5) is 30.2. The SMILES string of the molecule is COC(C(=O)N1CCC(C(Cc2ccccc2)N(C)C(=O)Cn2cccn2)CC1)c1ccccc1. The van der Waals surface area contributed by atoms with E-state index in [1.54, 1.807) is 24.2 Å². The molecule has 1 aromatic heterocycles. The fourth-order valence-corrected chi connectivity index (χ4v) is 4.98. The lowest BCUT2D eigenvalue weighted by Crippen LogP contribution is -2.49. The van der Waals surface area contributed by atoms with Crippen LogP contribution in [0.25, 0.3) is 0 Å². The fraction of sp³-hybridized carbons (Fsp3) is 0.393. The molecule has 0 saturated carbocycles. The van der Waals surface area contributed by atoms with E-state index in [4.69, 9.17) is 4.74 Å². The minimum Gasteiger partial charge on any atom is -0.367 e. The number of piperidine rings is 1. The molecule has 1 saturated heterocycles. The summed E-state index contributed by atoms with van der Waals surface area (Å²) in [5.74, 6) is 0.333. The van der Waals surface area contributed by atoms with Gasteiger partial charge in [-0.2, -0.15) is 5.10 Å². The van der Waals surface area contributed by atoms with Crippen molar-refractivity contribution in [3.8, 4) is 0 Å². The monoisotopic (exact) mass is 474 g/mol. The number of ether oxygens (including phenoxy) is 1. The van der Waals surface area contributed by atoms with Crippen molar-refractivity contribution in [1.82, 2.24) is 19.6 Å². The normalized spacial score (nSPS) is 16.0. The maximum absolute atomic E-state index is 13.2. The number of nitrogens with zero attached hydrogens (tertiary/aromatic N) is 4. The van der Waals surface area contributed by atoms with Gasteiger partial charge < -0.3 is 14.5 Å². The van der Waals surface area contributed by atoms with Crippen molar-refractivity contribution in [3.63, 3.8) is 0 Å². The van der Waals surface area contributed by atoms with E-state index in [-0.39, 0.29) is 24.4 Å². The molecule has 2 atom stereocenters. The minimum atomic E-state index is -0.591. The Morgan fingerprint density at radius 3 is 2.29 bits per heavy atom. The molecule has 1 aliphatic heterocycles. The Hall–Kier alpha value is -3.45. The Morgan fingerprint density at radius 2 is 1.69 bits per heavy atom. The van der Waals surface area contributed by atoms with Gasteiger partial charge in [-0.05, 0) is 42.4 Å². The molecule has 1 fully saturated rings. The first kappa shape index (κ1) is 24.7. The number of hydrogen-bond acceptors (Lipinski definition) is 4. The highest BCUT2D eigenvalue weighted by Gasteiger charge is 2.34. The van der Waals surface area contributed by atoms with Crippen LogP contribution in [0.4, 0.5) is 0 Å². The molecule has 0 N–H and O–H groups in total. The number of likely N-dealkylation sites (tertiary alicyclic amines) is 1. The summed E-state index contributed by atoms with van der Waals surface area (Å²) in [7, 11) is 3.48. The van der Waals surface area contributed by atoms with Crippen molar-refractivity contribution in [2.24, 2.45) is 5.92 Å². The molecule has 2 unspecified atom stereocenters. The molecule has 2 aromatic carbocycles. The van der Waals surface area contributed by atoms with Crippen LogP contribution in [0.5, 0.6) is 0 Å². The van der Waals surface area contributed by atoms with Crippen molar-refractivity contribution in [2.75, 3.05) is 27.2 Å². The van der Waals surface area contributed by atoms with Crippen LogP contribution >= 0.6 is 0 Å². The molecular weight excluding hydrogens is 440 g/mol. The van der Waals surface area contributed by atoms with E-state index in [1.165, 1.54) is 5.56 Å². The first-order valence-corrected chi connectivity index (χ1v) is 12.2. The van der Waals surface area contributed by atoms with Crippen LogP contribution < -0.4 is 0 Å². The number of aromatic nitrogens is 2. The maximum Gasteiger partial charge on any atom is 0.256 e. The third-order valence-corrected chi connectivity index (χ3v) is 6.99. The zero-order valence-corrected chi connectivity index (χ0v) is 20.5. The molecule has 7 nitrogen and oxygen atoms in total. The molecule has 0 spiro atoms. The standard InChI is InChI=1S/C28H34N4O3/c1-30(26(33)21-32-17-9-16-29-32)25(20-22-10-5-3-6-11-22)23-14-18-31(19-15-23)28(34)27(35-2)24-12-7-4-8-13-24/h3-13,16-17,23,25,27H,14-15,18-21H2,1-2H3. The second-order valence-electron chi connectivity index (χ2n) is 9.15. The number of rotatable bonds is 9. The predicted molar refractivity (Wildman–Crippen MR) is 134 cm³/mol. The molecule has 2 heterocycles. The number of benzene rings is 2. The van der Waals surface area contributed by atoms with Crippen LogP contribution in [0, 0.1) is 5.92 Å². The average molecular weight is 475 g/mol. The lowest BCUT2D eigenvalue weighted by atomic mass is 9.84. The summed E-state index contributed by atoms with van der Waals surface area (Å²) in [5, 5.41) is 4.19. The van der Waals surface area contributed by atoms with E-state index in [0.29, 0.717) is 19.0 Å². The lowest BCUT2D eigenvalue weighted by molar-refractivity contribution is -0.145. The highest BCUT2D eigenvalue weighted by Crippen LogP contribution is 2.29. The van der Waals surface area contributed by atoms with E-state index < -0.39 is 6.10 Å². The van der Waals surface area contributed by atoms with Crippen molar-refractivity contribution in [1.29, 1.82) is 0 Å². The molecule has 184 valence electrons. The van der Waals surface area contributed by atoms with Crippen molar-refractivity contribution < 1.29 is 14.3 Å². The van der Waals surface area contributed by atoms with Gasteiger partial charge in [0, 0.05) is 45.7 Å². The summed E-state index contributed by atoms with van der Waals surface area (Å²) >= 11 is 0. The van der Waals surface area contributed by atoms with Gasteiger partial charge in [-0.15, -0.1) is 0 Å². The number of likely N-dealkylation sites (N-methyl/N-ethyl adjacent to an activating group) is 1. The zero-order chi connectivity index (χ0) is 24.6. The molecule has 1 aliphatic rings. The van der Waals surface area contributed by atoms with Crippen molar-refractivity contribution in [2.45, 2.75) is 38.0 Å². The van der Waals surface area contributed by atoms with Gasteiger partial charge in [-0.1, -0.05) is 60.7 Å². The van der Waals surface area contributed by atoms with Crippen LogP contribution in [0.1, 0.15) is 30.1 Å². The van der Waals surface area contributed by atoms with Gasteiger partial charge in [0.2, 0.25) is 5.91 Å². The third-order valence-electron chi connectivity index (χ3n) is 6.99. The smallest absolute Gasteiger partial charge is 0.256 e. The minimum absolute atomic E-state index is 0.000118. The van der Waals surface area contributed by atoms with Crippen LogP contribution in [0.15, 0.2) is 79.1 Å². The lowest BCUT2D eigenvalue weighted by Gasteiger charge is -2.40. The van der Waals surface area contributed by atoms with Crippen molar-refractivity contribution in [3.05, 3.63) is 90.3 Å². The largest absolute Gasteiger partial charge is 0.367 e. The molecule has 7 heteroatoms. The van der Waals surface area contributed by atoms with Gasteiger partial charge in [0.05, 0.1) is 0 Å². The third kappa shape index (κ3) is 6.17. The highest BCUT2D eigenvalue weighted by atomic mass is 16.5. The Balaban J connectivity index is 1.44. The Labute approximate surface area is 207 Å². The fourth-order valence-electron chi connectivity index (χ4n) is 4.98.